The molecule has 125 valence electrons. The summed E-state index contributed by atoms with van der Waals surface area (Å²) in [4.78, 5) is 0. The molecule has 2 heteroatoms. The first-order valence-corrected chi connectivity index (χ1v) is 8.07. The fraction of sp³-hybridized carbons (Fsp3) is 0.550. The number of hydrogen-bond acceptors (Lipinski definition) is 2. The lowest BCUT2D eigenvalue weighted by atomic mass is 10.0. The Morgan fingerprint density at radius 2 is 1.27 bits per heavy atom. The van der Waals surface area contributed by atoms with Crippen LogP contribution < -0.4 is 0 Å². The Balaban J connectivity index is 4.42. The van der Waals surface area contributed by atoms with Gasteiger partial charge in [0, 0.05) is 0 Å². The maximum Gasteiger partial charge on any atom is 0.147 e. The third-order valence-electron chi connectivity index (χ3n) is 3.32. The van der Waals surface area contributed by atoms with Crippen LogP contribution in [0.15, 0.2) is 46.6 Å². The molecule has 0 aromatic heterocycles. The van der Waals surface area contributed by atoms with E-state index in [0.29, 0.717) is 0 Å². The van der Waals surface area contributed by atoms with Crippen molar-refractivity contribution < 1.29 is 10.2 Å². The van der Waals surface area contributed by atoms with Gasteiger partial charge < -0.3 is 10.2 Å². The Morgan fingerprint density at radius 1 is 0.818 bits per heavy atom. The Hall–Kier alpha value is -1.12. The molecule has 0 heterocycles. The van der Waals surface area contributed by atoms with Gasteiger partial charge in [-0.2, -0.15) is 0 Å². The fourth-order valence-corrected chi connectivity index (χ4v) is 2.03. The Labute approximate surface area is 137 Å². The van der Waals surface area contributed by atoms with Gasteiger partial charge in [-0.05, 0) is 73.3 Å². The molecule has 0 saturated carbocycles. The molecule has 0 aromatic carbocycles. The van der Waals surface area contributed by atoms with Crippen LogP contribution in [0.3, 0.4) is 0 Å². The minimum absolute atomic E-state index is 0.0243. The summed E-state index contributed by atoms with van der Waals surface area (Å²) < 4.78 is 0. The summed E-state index contributed by atoms with van der Waals surface area (Å²) in [6, 6.07) is 0. The van der Waals surface area contributed by atoms with Crippen molar-refractivity contribution in [3.8, 4) is 0 Å². The monoisotopic (exact) mass is 305 g/mol. The van der Waals surface area contributed by atoms with Gasteiger partial charge in [-0.15, -0.1) is 0 Å². The molecule has 1 radical (unpaired) electrons. The molecule has 0 saturated heterocycles. The molecule has 0 aromatic rings. The highest BCUT2D eigenvalue weighted by atomic mass is 16.3. The van der Waals surface area contributed by atoms with Crippen molar-refractivity contribution in [3.63, 3.8) is 0 Å². The zero-order valence-electron chi connectivity index (χ0n) is 15.1. The lowest BCUT2D eigenvalue weighted by Gasteiger charge is -2.12. The van der Waals surface area contributed by atoms with Crippen LogP contribution in [0.4, 0.5) is 0 Å². The van der Waals surface area contributed by atoms with Gasteiger partial charge >= 0.3 is 0 Å². The van der Waals surface area contributed by atoms with Gasteiger partial charge in [-0.1, -0.05) is 40.5 Å². The standard InChI is InChI=1S/C20H33O2/c1-15(2)9-7-11-17(5)13-19(21)20(22)14-18(6)12-8-10-16(3)4/h9-10,13-14,19,21-22H,7-8,11-12H2,1-6H3/b17-13+,18-14-. The van der Waals surface area contributed by atoms with Crippen molar-refractivity contribution in [2.24, 2.45) is 0 Å². The van der Waals surface area contributed by atoms with E-state index < -0.39 is 6.10 Å². The van der Waals surface area contributed by atoms with Crippen molar-refractivity contribution in [3.05, 3.63) is 52.7 Å². The lowest BCUT2D eigenvalue weighted by Crippen LogP contribution is -2.14. The van der Waals surface area contributed by atoms with Gasteiger partial charge in [0.25, 0.3) is 0 Å². The molecule has 0 fully saturated rings. The smallest absolute Gasteiger partial charge is 0.147 e. The van der Waals surface area contributed by atoms with Gasteiger partial charge in [0.15, 0.2) is 0 Å². The zero-order chi connectivity index (χ0) is 17.1. The average Bonchev–Trinajstić information content (AvgIpc) is 2.37. The van der Waals surface area contributed by atoms with E-state index >= 15 is 0 Å². The minimum atomic E-state index is -0.912. The van der Waals surface area contributed by atoms with Crippen LogP contribution in [0.2, 0.25) is 0 Å². The van der Waals surface area contributed by atoms with E-state index in [2.05, 4.69) is 39.8 Å². The molecule has 0 aliphatic carbocycles. The van der Waals surface area contributed by atoms with Crippen LogP contribution in [-0.2, 0) is 0 Å². The van der Waals surface area contributed by atoms with E-state index in [1.807, 2.05) is 13.8 Å². The van der Waals surface area contributed by atoms with E-state index in [1.165, 1.54) is 11.1 Å². The maximum absolute atomic E-state index is 10.0. The quantitative estimate of drug-likeness (QED) is 0.541. The largest absolute Gasteiger partial charge is 0.386 e. The minimum Gasteiger partial charge on any atom is -0.386 e. The first-order chi connectivity index (χ1) is 10.2. The molecule has 0 aliphatic heterocycles. The predicted molar refractivity (Wildman–Crippen MR) is 96.0 cm³/mol. The normalized spacial score (nSPS) is 14.0. The molecule has 0 spiro atoms. The summed E-state index contributed by atoms with van der Waals surface area (Å²) in [5.41, 5.74) is 4.77. The van der Waals surface area contributed by atoms with E-state index in [4.69, 9.17) is 0 Å². The molecular formula is C20H33O2. The molecule has 2 nitrogen and oxygen atoms in total. The van der Waals surface area contributed by atoms with Crippen molar-refractivity contribution >= 4 is 0 Å². The number of hydrogen-bond donors (Lipinski definition) is 2. The van der Waals surface area contributed by atoms with Gasteiger partial charge in [0.05, 0.1) is 0 Å². The van der Waals surface area contributed by atoms with Crippen LogP contribution >= 0.6 is 0 Å². The van der Waals surface area contributed by atoms with E-state index in [0.717, 1.165) is 36.8 Å². The number of rotatable bonds is 9. The summed E-state index contributed by atoms with van der Waals surface area (Å²) in [5.74, 6) is 0. The van der Waals surface area contributed by atoms with Crippen LogP contribution in [0.25, 0.3) is 0 Å². The molecule has 0 rings (SSSR count). The van der Waals surface area contributed by atoms with E-state index in [-0.39, 0.29) is 6.10 Å². The highest BCUT2D eigenvalue weighted by molar-refractivity contribution is 5.19. The summed E-state index contributed by atoms with van der Waals surface area (Å²) >= 11 is 0. The van der Waals surface area contributed by atoms with Crippen molar-refractivity contribution in [1.29, 1.82) is 0 Å². The van der Waals surface area contributed by atoms with Crippen LogP contribution in [-0.4, -0.2) is 16.3 Å². The van der Waals surface area contributed by atoms with Crippen molar-refractivity contribution in [2.75, 3.05) is 0 Å². The first-order valence-electron chi connectivity index (χ1n) is 8.07. The number of aliphatic hydroxyl groups excluding tert-OH is 2. The molecule has 0 aliphatic rings. The lowest BCUT2D eigenvalue weighted by molar-refractivity contribution is 0.152. The van der Waals surface area contributed by atoms with E-state index in [1.54, 1.807) is 12.2 Å². The highest BCUT2D eigenvalue weighted by Crippen LogP contribution is 2.16. The average molecular weight is 305 g/mol. The number of aliphatic hydroxyl groups is 2. The fourth-order valence-electron chi connectivity index (χ4n) is 2.03. The van der Waals surface area contributed by atoms with Crippen LogP contribution in [0.5, 0.6) is 0 Å². The molecule has 2 N–H and O–H groups in total. The summed E-state index contributed by atoms with van der Waals surface area (Å²) in [6.45, 7) is 12.3. The molecule has 22 heavy (non-hydrogen) atoms. The van der Waals surface area contributed by atoms with E-state index in [9.17, 15) is 10.2 Å². The maximum atomic E-state index is 10.0. The van der Waals surface area contributed by atoms with Gasteiger partial charge in [-0.25, -0.2) is 0 Å². The highest BCUT2D eigenvalue weighted by Gasteiger charge is 2.12. The summed E-state index contributed by atoms with van der Waals surface area (Å²) in [6.07, 6.45) is 10.6. The summed E-state index contributed by atoms with van der Waals surface area (Å²) in [7, 11) is 0. The second-order valence-corrected chi connectivity index (χ2v) is 6.51. The number of allylic oxidation sites excluding steroid dienone is 6. The Bertz CT molecular complexity index is 389. The first kappa shape index (κ1) is 20.9. The molecule has 1 atom stereocenters. The zero-order valence-corrected chi connectivity index (χ0v) is 15.1. The topological polar surface area (TPSA) is 40.5 Å². The molecule has 0 amide bonds. The third-order valence-corrected chi connectivity index (χ3v) is 3.32. The SMILES string of the molecule is CC(C)=CCC/C(C)=C\[C](O)C(O)/C=C(\C)CCC=C(C)C. The molecule has 0 bridgehead atoms. The van der Waals surface area contributed by atoms with Gasteiger partial charge in [-0.3, -0.25) is 0 Å². The Morgan fingerprint density at radius 3 is 1.73 bits per heavy atom. The van der Waals surface area contributed by atoms with Crippen molar-refractivity contribution in [1.82, 2.24) is 0 Å². The van der Waals surface area contributed by atoms with Gasteiger partial charge in [0.2, 0.25) is 0 Å². The second-order valence-electron chi connectivity index (χ2n) is 6.51. The third kappa shape index (κ3) is 11.5. The van der Waals surface area contributed by atoms with Crippen molar-refractivity contribution in [2.45, 2.75) is 73.3 Å². The Kier molecular flexibility index (Phi) is 10.9. The van der Waals surface area contributed by atoms with Crippen LogP contribution in [0.1, 0.15) is 67.2 Å². The summed E-state index contributed by atoms with van der Waals surface area (Å²) in [5, 5.41) is 20.0. The second kappa shape index (κ2) is 11.4. The molecule has 1 unspecified atom stereocenters. The molecular weight excluding hydrogens is 272 g/mol. The van der Waals surface area contributed by atoms with Crippen LogP contribution in [0, 0.1) is 6.10 Å². The van der Waals surface area contributed by atoms with Gasteiger partial charge in [0.1, 0.15) is 12.2 Å². The predicted octanol–water partition coefficient (Wildman–Crippen LogP) is 5.64.